The van der Waals surface area contributed by atoms with Crippen molar-refractivity contribution in [3.63, 3.8) is 0 Å². The number of ether oxygens (including phenoxy) is 1. The van der Waals surface area contributed by atoms with Gasteiger partial charge in [0, 0.05) is 64.2 Å². The standard InChI is InChI=1S/C16H27Br2N3O/c1-4-20(17)9-7-13-11-15(19)12-14(16(13)22-6-3)8-10-21(18)5-2/h11-12H,4-10,19H2,1-3H3. The van der Waals surface area contributed by atoms with Crippen molar-refractivity contribution >= 4 is 38.0 Å². The molecule has 22 heavy (non-hydrogen) atoms. The molecule has 0 amide bonds. The maximum Gasteiger partial charge on any atom is 0.125 e. The zero-order valence-electron chi connectivity index (χ0n) is 13.7. The van der Waals surface area contributed by atoms with Crippen LogP contribution in [0, 0.1) is 0 Å². The lowest BCUT2D eigenvalue weighted by atomic mass is 10.0. The Balaban J connectivity index is 2.95. The average Bonchev–Trinajstić information content (AvgIpc) is 2.52. The second-order valence-electron chi connectivity index (χ2n) is 5.11. The number of nitrogens with two attached hydrogens (primary N) is 1. The predicted octanol–water partition coefficient (Wildman–Crippen LogP) is 4.02. The predicted molar refractivity (Wildman–Crippen MR) is 102 cm³/mol. The quantitative estimate of drug-likeness (QED) is 0.444. The van der Waals surface area contributed by atoms with E-state index in [1.54, 1.807) is 0 Å². The van der Waals surface area contributed by atoms with Crippen molar-refractivity contribution in [3.8, 4) is 5.75 Å². The van der Waals surface area contributed by atoms with Crippen molar-refractivity contribution in [1.29, 1.82) is 0 Å². The van der Waals surface area contributed by atoms with E-state index in [0.717, 1.165) is 50.5 Å². The van der Waals surface area contributed by atoms with Crippen LogP contribution in [0.4, 0.5) is 5.69 Å². The summed E-state index contributed by atoms with van der Waals surface area (Å²) >= 11 is 7.08. The van der Waals surface area contributed by atoms with Gasteiger partial charge in [0.05, 0.1) is 6.61 Å². The molecule has 4 nitrogen and oxygen atoms in total. The highest BCUT2D eigenvalue weighted by Gasteiger charge is 2.13. The lowest BCUT2D eigenvalue weighted by Gasteiger charge is -2.19. The van der Waals surface area contributed by atoms with Crippen molar-refractivity contribution in [2.24, 2.45) is 0 Å². The number of anilines is 1. The summed E-state index contributed by atoms with van der Waals surface area (Å²) in [6.45, 7) is 10.7. The molecule has 1 aromatic rings. The number of likely N-dealkylation sites (N-methyl/N-ethyl adjacent to an activating group) is 2. The van der Waals surface area contributed by atoms with E-state index >= 15 is 0 Å². The highest BCUT2D eigenvalue weighted by molar-refractivity contribution is 9.07. The second kappa shape index (κ2) is 10.5. The zero-order chi connectivity index (χ0) is 16.5. The van der Waals surface area contributed by atoms with Crippen LogP contribution in [-0.2, 0) is 12.8 Å². The molecule has 0 saturated heterocycles. The molecule has 0 spiro atoms. The van der Waals surface area contributed by atoms with Gasteiger partial charge in [-0.1, -0.05) is 13.8 Å². The fraction of sp³-hybridized carbons (Fsp3) is 0.625. The molecule has 0 aliphatic heterocycles. The van der Waals surface area contributed by atoms with E-state index < -0.39 is 0 Å². The van der Waals surface area contributed by atoms with E-state index in [1.807, 2.05) is 19.1 Å². The van der Waals surface area contributed by atoms with Crippen LogP contribution in [0.25, 0.3) is 0 Å². The van der Waals surface area contributed by atoms with Crippen LogP contribution >= 0.6 is 32.3 Å². The smallest absolute Gasteiger partial charge is 0.125 e. The first-order valence-corrected chi connectivity index (χ1v) is 9.29. The lowest BCUT2D eigenvalue weighted by Crippen LogP contribution is -2.17. The average molecular weight is 437 g/mol. The molecular formula is C16H27Br2N3O. The Labute approximate surface area is 151 Å². The summed E-state index contributed by atoms with van der Waals surface area (Å²) < 4.78 is 10.2. The van der Waals surface area contributed by atoms with Gasteiger partial charge in [0.25, 0.3) is 0 Å². The minimum absolute atomic E-state index is 0.668. The van der Waals surface area contributed by atoms with Crippen LogP contribution in [0.2, 0.25) is 0 Å². The SMILES string of the molecule is CCOc1c(CCN(Br)CC)cc(N)cc1CCN(Br)CC. The summed E-state index contributed by atoms with van der Waals surface area (Å²) in [7, 11) is 0. The Morgan fingerprint density at radius 1 is 0.955 bits per heavy atom. The van der Waals surface area contributed by atoms with Gasteiger partial charge in [0.2, 0.25) is 0 Å². The number of nitrogen functional groups attached to an aromatic ring is 1. The fourth-order valence-corrected chi connectivity index (χ4v) is 2.64. The molecule has 0 saturated carbocycles. The Hall–Kier alpha value is -0.300. The molecule has 1 aromatic carbocycles. The fourth-order valence-electron chi connectivity index (χ4n) is 2.28. The summed E-state index contributed by atoms with van der Waals surface area (Å²) in [5.74, 6) is 1.01. The normalized spacial score (nSPS) is 11.4. The number of hydrogen-bond acceptors (Lipinski definition) is 4. The molecule has 0 bridgehead atoms. The third-order valence-electron chi connectivity index (χ3n) is 3.49. The van der Waals surface area contributed by atoms with Crippen molar-refractivity contribution in [1.82, 2.24) is 7.85 Å². The van der Waals surface area contributed by atoms with Crippen LogP contribution < -0.4 is 10.5 Å². The zero-order valence-corrected chi connectivity index (χ0v) is 16.9. The van der Waals surface area contributed by atoms with E-state index in [4.69, 9.17) is 10.5 Å². The molecule has 6 heteroatoms. The Morgan fingerprint density at radius 3 is 1.77 bits per heavy atom. The Kier molecular flexibility index (Phi) is 9.40. The number of benzene rings is 1. The maximum absolute atomic E-state index is 6.10. The largest absolute Gasteiger partial charge is 0.493 e. The van der Waals surface area contributed by atoms with Gasteiger partial charge in [-0.2, -0.15) is 0 Å². The van der Waals surface area contributed by atoms with Crippen LogP contribution in [0.15, 0.2) is 12.1 Å². The first-order chi connectivity index (χ1) is 10.5. The topological polar surface area (TPSA) is 41.7 Å². The van der Waals surface area contributed by atoms with Gasteiger partial charge >= 0.3 is 0 Å². The summed E-state index contributed by atoms with van der Waals surface area (Å²) in [5.41, 5.74) is 9.28. The third kappa shape index (κ3) is 6.44. The molecule has 0 radical (unpaired) electrons. The van der Waals surface area contributed by atoms with Gasteiger partial charge in [-0.3, -0.25) is 0 Å². The summed E-state index contributed by atoms with van der Waals surface area (Å²) in [4.78, 5) is 0. The minimum atomic E-state index is 0.668. The molecule has 0 aliphatic rings. The van der Waals surface area contributed by atoms with Gasteiger partial charge in [-0.25, -0.2) is 7.85 Å². The van der Waals surface area contributed by atoms with Gasteiger partial charge in [0.15, 0.2) is 0 Å². The van der Waals surface area contributed by atoms with Crippen molar-refractivity contribution in [2.45, 2.75) is 33.6 Å². The number of rotatable bonds is 10. The van der Waals surface area contributed by atoms with Crippen molar-refractivity contribution < 1.29 is 4.74 Å². The Morgan fingerprint density at radius 2 is 1.41 bits per heavy atom. The molecule has 0 aliphatic carbocycles. The van der Waals surface area contributed by atoms with E-state index in [0.29, 0.717) is 6.61 Å². The van der Waals surface area contributed by atoms with Crippen molar-refractivity contribution in [3.05, 3.63) is 23.3 Å². The molecule has 0 atom stereocenters. The highest BCUT2D eigenvalue weighted by Crippen LogP contribution is 2.29. The van der Waals surface area contributed by atoms with E-state index in [1.165, 1.54) is 11.1 Å². The molecule has 2 N–H and O–H groups in total. The second-order valence-corrected chi connectivity index (χ2v) is 7.11. The van der Waals surface area contributed by atoms with E-state index in [9.17, 15) is 0 Å². The van der Waals surface area contributed by atoms with Crippen LogP contribution in [0.3, 0.4) is 0 Å². The van der Waals surface area contributed by atoms with Gasteiger partial charge in [0.1, 0.15) is 5.75 Å². The molecule has 0 unspecified atom stereocenters. The molecule has 0 fully saturated rings. The Bertz CT molecular complexity index is 422. The molecule has 0 heterocycles. The van der Waals surface area contributed by atoms with Gasteiger partial charge in [-0.05, 0) is 43.0 Å². The van der Waals surface area contributed by atoms with E-state index in [2.05, 4.69) is 54.0 Å². The summed E-state index contributed by atoms with van der Waals surface area (Å²) in [6.07, 6.45) is 1.83. The minimum Gasteiger partial charge on any atom is -0.493 e. The lowest BCUT2D eigenvalue weighted by molar-refractivity contribution is 0.330. The van der Waals surface area contributed by atoms with E-state index in [-0.39, 0.29) is 0 Å². The molecule has 126 valence electrons. The van der Waals surface area contributed by atoms with Crippen molar-refractivity contribution in [2.75, 3.05) is 38.5 Å². The molecule has 1 rings (SSSR count). The number of hydrogen-bond donors (Lipinski definition) is 1. The maximum atomic E-state index is 6.10. The highest BCUT2D eigenvalue weighted by atomic mass is 79.9. The summed E-state index contributed by atoms with van der Waals surface area (Å²) in [5, 5.41) is 0. The monoisotopic (exact) mass is 435 g/mol. The number of halogens is 2. The first kappa shape index (κ1) is 19.7. The van der Waals surface area contributed by atoms with Crippen LogP contribution in [-0.4, -0.2) is 40.6 Å². The van der Waals surface area contributed by atoms with Gasteiger partial charge in [-0.15, -0.1) is 0 Å². The first-order valence-electron chi connectivity index (χ1n) is 7.87. The number of nitrogens with zero attached hydrogens (tertiary/aromatic N) is 2. The molecule has 0 aromatic heterocycles. The van der Waals surface area contributed by atoms with Crippen LogP contribution in [0.5, 0.6) is 5.75 Å². The van der Waals surface area contributed by atoms with Gasteiger partial charge < -0.3 is 10.5 Å². The summed E-state index contributed by atoms with van der Waals surface area (Å²) in [6, 6.07) is 4.08. The van der Waals surface area contributed by atoms with Crippen LogP contribution in [0.1, 0.15) is 31.9 Å². The third-order valence-corrected chi connectivity index (χ3v) is 5.20. The molecular weight excluding hydrogens is 410 g/mol.